The van der Waals surface area contributed by atoms with Crippen molar-refractivity contribution < 1.29 is 24.6 Å². The molecule has 2 atom stereocenters. The van der Waals surface area contributed by atoms with E-state index in [0.717, 1.165) is 0 Å². The van der Waals surface area contributed by atoms with Crippen molar-refractivity contribution in [1.82, 2.24) is 10.2 Å². The minimum Gasteiger partial charge on any atom is -0.480 e. The third-order valence-corrected chi connectivity index (χ3v) is 2.66. The summed E-state index contributed by atoms with van der Waals surface area (Å²) in [5.74, 6) is -2.18. The topological polar surface area (TPSA) is 133 Å². The maximum absolute atomic E-state index is 11.6. The molecule has 17 heavy (non-hydrogen) atoms. The Kier molecular flexibility index (Phi) is 4.27. The van der Waals surface area contributed by atoms with E-state index in [0.29, 0.717) is 13.0 Å². The average molecular weight is 245 g/mol. The summed E-state index contributed by atoms with van der Waals surface area (Å²) in [7, 11) is 0. The molecule has 0 saturated carbocycles. The molecule has 0 aromatic heterocycles. The summed E-state index contributed by atoms with van der Waals surface area (Å²) in [4.78, 5) is 34.4. The molecule has 0 radical (unpaired) electrons. The first-order chi connectivity index (χ1) is 7.95. The standard InChI is InChI=1S/C9H15N3O5/c10-7(14)5-1-2-12(3-5)9(17)11-6(4-13)8(15)16/h5-6,13H,1-4H2,(H2,10,14)(H,11,17)(H,15,16)/t5?,6-/m1/s1. The summed E-state index contributed by atoms with van der Waals surface area (Å²) in [6.45, 7) is -0.162. The smallest absolute Gasteiger partial charge is 0.328 e. The van der Waals surface area contributed by atoms with Gasteiger partial charge in [0.15, 0.2) is 6.04 Å². The molecule has 8 nitrogen and oxygen atoms in total. The first kappa shape index (κ1) is 13.2. The number of carboxylic acid groups (broad SMARTS) is 1. The van der Waals surface area contributed by atoms with Crippen LogP contribution < -0.4 is 11.1 Å². The van der Waals surface area contributed by atoms with Gasteiger partial charge in [0.1, 0.15) is 0 Å². The molecule has 1 fully saturated rings. The molecule has 1 unspecified atom stereocenters. The van der Waals surface area contributed by atoms with Gasteiger partial charge in [0, 0.05) is 13.1 Å². The number of aliphatic hydroxyl groups excluding tert-OH is 1. The molecule has 0 bridgehead atoms. The molecule has 1 aliphatic rings. The normalized spacial score (nSPS) is 21.0. The lowest BCUT2D eigenvalue weighted by atomic mass is 10.1. The highest BCUT2D eigenvalue weighted by atomic mass is 16.4. The van der Waals surface area contributed by atoms with Crippen LogP contribution in [0.15, 0.2) is 0 Å². The molecular weight excluding hydrogens is 230 g/mol. The highest BCUT2D eigenvalue weighted by molar-refractivity contribution is 5.84. The number of urea groups is 1. The van der Waals surface area contributed by atoms with Gasteiger partial charge in [0.05, 0.1) is 12.5 Å². The Morgan fingerprint density at radius 1 is 1.47 bits per heavy atom. The van der Waals surface area contributed by atoms with Gasteiger partial charge in [-0.2, -0.15) is 0 Å². The van der Waals surface area contributed by atoms with Crippen molar-refractivity contribution in [3.05, 3.63) is 0 Å². The van der Waals surface area contributed by atoms with Gasteiger partial charge in [-0.05, 0) is 6.42 Å². The minimum absolute atomic E-state index is 0.179. The van der Waals surface area contributed by atoms with Crippen molar-refractivity contribution in [2.24, 2.45) is 11.7 Å². The van der Waals surface area contributed by atoms with Crippen LogP contribution in [0.4, 0.5) is 4.79 Å². The number of hydrogen-bond donors (Lipinski definition) is 4. The van der Waals surface area contributed by atoms with Crippen molar-refractivity contribution in [3.8, 4) is 0 Å². The van der Waals surface area contributed by atoms with Gasteiger partial charge in [-0.15, -0.1) is 0 Å². The predicted molar refractivity (Wildman–Crippen MR) is 55.9 cm³/mol. The van der Waals surface area contributed by atoms with E-state index in [9.17, 15) is 14.4 Å². The Balaban J connectivity index is 2.49. The monoisotopic (exact) mass is 245 g/mol. The second-order valence-electron chi connectivity index (χ2n) is 3.86. The van der Waals surface area contributed by atoms with E-state index < -0.39 is 36.5 Å². The largest absolute Gasteiger partial charge is 0.480 e. The Hall–Kier alpha value is -1.83. The number of amides is 3. The van der Waals surface area contributed by atoms with Crippen molar-refractivity contribution >= 4 is 17.9 Å². The molecule has 0 aromatic rings. The number of carbonyl (C=O) groups excluding carboxylic acids is 2. The van der Waals surface area contributed by atoms with E-state index >= 15 is 0 Å². The van der Waals surface area contributed by atoms with Gasteiger partial charge in [-0.25, -0.2) is 9.59 Å². The Morgan fingerprint density at radius 2 is 2.12 bits per heavy atom. The fourth-order valence-electron chi connectivity index (χ4n) is 1.60. The number of carbonyl (C=O) groups is 3. The molecule has 1 aliphatic heterocycles. The SMILES string of the molecule is NC(=O)C1CCN(C(=O)N[C@H](CO)C(=O)O)C1. The maximum Gasteiger partial charge on any atom is 0.328 e. The van der Waals surface area contributed by atoms with E-state index in [1.807, 2.05) is 0 Å². The van der Waals surface area contributed by atoms with Crippen LogP contribution in [0.2, 0.25) is 0 Å². The van der Waals surface area contributed by atoms with Crippen LogP contribution in [-0.2, 0) is 9.59 Å². The molecule has 1 heterocycles. The van der Waals surface area contributed by atoms with Crippen LogP contribution in [0.1, 0.15) is 6.42 Å². The third-order valence-electron chi connectivity index (χ3n) is 2.66. The molecular formula is C9H15N3O5. The molecule has 0 aromatic carbocycles. The number of carboxylic acids is 1. The van der Waals surface area contributed by atoms with Gasteiger partial charge in [0.2, 0.25) is 5.91 Å². The first-order valence-electron chi connectivity index (χ1n) is 5.14. The van der Waals surface area contributed by atoms with Crippen LogP contribution >= 0.6 is 0 Å². The molecule has 1 saturated heterocycles. The molecule has 8 heteroatoms. The van der Waals surface area contributed by atoms with Crippen LogP contribution in [0, 0.1) is 5.92 Å². The zero-order valence-corrected chi connectivity index (χ0v) is 9.13. The lowest BCUT2D eigenvalue weighted by molar-refractivity contribution is -0.140. The Bertz CT molecular complexity index is 333. The Labute approximate surface area is 97.4 Å². The molecule has 0 aliphatic carbocycles. The van der Waals surface area contributed by atoms with E-state index in [1.165, 1.54) is 4.90 Å². The summed E-state index contributed by atoms with van der Waals surface area (Å²) in [6.07, 6.45) is 0.472. The number of nitrogens with zero attached hydrogens (tertiary/aromatic N) is 1. The van der Waals surface area contributed by atoms with E-state index in [4.69, 9.17) is 15.9 Å². The van der Waals surface area contributed by atoms with Gasteiger partial charge >= 0.3 is 12.0 Å². The average Bonchev–Trinajstić information content (AvgIpc) is 2.74. The van der Waals surface area contributed by atoms with Gasteiger partial charge in [-0.1, -0.05) is 0 Å². The van der Waals surface area contributed by atoms with Gasteiger partial charge in [-0.3, -0.25) is 4.79 Å². The summed E-state index contributed by atoms with van der Waals surface area (Å²) >= 11 is 0. The Morgan fingerprint density at radius 3 is 2.53 bits per heavy atom. The highest BCUT2D eigenvalue weighted by Crippen LogP contribution is 2.15. The third kappa shape index (κ3) is 3.31. The number of aliphatic carboxylic acids is 1. The van der Waals surface area contributed by atoms with Crippen molar-refractivity contribution in [1.29, 1.82) is 0 Å². The van der Waals surface area contributed by atoms with E-state index in [-0.39, 0.29) is 6.54 Å². The fourth-order valence-corrected chi connectivity index (χ4v) is 1.60. The highest BCUT2D eigenvalue weighted by Gasteiger charge is 2.31. The second kappa shape index (κ2) is 5.48. The summed E-state index contributed by atoms with van der Waals surface area (Å²) in [5.41, 5.74) is 5.10. The van der Waals surface area contributed by atoms with Gasteiger partial charge in [0.25, 0.3) is 0 Å². The van der Waals surface area contributed by atoms with E-state index in [2.05, 4.69) is 5.32 Å². The number of hydrogen-bond acceptors (Lipinski definition) is 4. The molecule has 96 valence electrons. The molecule has 1 rings (SSSR count). The minimum atomic E-state index is -1.34. The zero-order chi connectivity index (χ0) is 13.0. The number of aliphatic hydroxyl groups is 1. The van der Waals surface area contributed by atoms with E-state index in [1.54, 1.807) is 0 Å². The summed E-state index contributed by atoms with van der Waals surface area (Å²) < 4.78 is 0. The number of primary amides is 1. The molecule has 5 N–H and O–H groups in total. The van der Waals surface area contributed by atoms with Crippen LogP contribution in [0.5, 0.6) is 0 Å². The number of rotatable bonds is 4. The van der Waals surface area contributed by atoms with Crippen LogP contribution in [0.25, 0.3) is 0 Å². The number of likely N-dealkylation sites (tertiary alicyclic amines) is 1. The molecule has 0 spiro atoms. The second-order valence-corrected chi connectivity index (χ2v) is 3.86. The maximum atomic E-state index is 11.6. The number of nitrogens with two attached hydrogens (primary N) is 1. The van der Waals surface area contributed by atoms with Gasteiger partial charge < -0.3 is 26.2 Å². The fraction of sp³-hybridized carbons (Fsp3) is 0.667. The van der Waals surface area contributed by atoms with Crippen molar-refractivity contribution in [2.75, 3.05) is 19.7 Å². The van der Waals surface area contributed by atoms with Crippen LogP contribution in [0.3, 0.4) is 0 Å². The lowest BCUT2D eigenvalue weighted by Gasteiger charge is -2.19. The van der Waals surface area contributed by atoms with Crippen molar-refractivity contribution in [3.63, 3.8) is 0 Å². The summed E-state index contributed by atoms with van der Waals surface area (Å²) in [6, 6.07) is -1.95. The first-order valence-corrected chi connectivity index (χ1v) is 5.14. The van der Waals surface area contributed by atoms with Crippen LogP contribution in [-0.4, -0.2) is 58.8 Å². The lowest BCUT2D eigenvalue weighted by Crippen LogP contribution is -2.49. The summed E-state index contributed by atoms with van der Waals surface area (Å²) in [5, 5.41) is 19.5. The number of nitrogens with one attached hydrogen (secondary N) is 1. The van der Waals surface area contributed by atoms with Crippen molar-refractivity contribution in [2.45, 2.75) is 12.5 Å². The quantitative estimate of drug-likeness (QED) is 0.452. The zero-order valence-electron chi connectivity index (χ0n) is 9.13. The predicted octanol–water partition coefficient (Wildman–Crippen LogP) is -2.05. The molecule has 3 amide bonds.